The molecule has 0 unspecified atom stereocenters. The molecule has 20 heavy (non-hydrogen) atoms. The number of nitrogens with zero attached hydrogens (tertiary/aromatic N) is 1. The second-order valence-electron chi connectivity index (χ2n) is 5.87. The van der Waals surface area contributed by atoms with Gasteiger partial charge in [-0.2, -0.15) is 0 Å². The Hall–Kier alpha value is -0.660. The van der Waals surface area contributed by atoms with E-state index in [1.54, 1.807) is 0 Å². The highest BCUT2D eigenvalue weighted by atomic mass is 32.2. The van der Waals surface area contributed by atoms with Crippen molar-refractivity contribution in [3.05, 3.63) is 0 Å². The van der Waals surface area contributed by atoms with Crippen molar-refractivity contribution in [3.8, 4) is 0 Å². The maximum absolute atomic E-state index is 11.7. The zero-order valence-electron chi connectivity index (χ0n) is 12.5. The minimum Gasteiger partial charge on any atom is -0.355 e. The van der Waals surface area contributed by atoms with Crippen LogP contribution in [0.2, 0.25) is 0 Å². The van der Waals surface area contributed by atoms with Gasteiger partial charge in [0, 0.05) is 19.6 Å². The Morgan fingerprint density at radius 3 is 2.45 bits per heavy atom. The molecule has 0 aromatic rings. The Bertz CT molecular complexity index is 395. The number of carbonyl (C=O) groups is 1. The average molecular weight is 305 g/mol. The summed E-state index contributed by atoms with van der Waals surface area (Å²) in [5, 5.41) is 2.83. The van der Waals surface area contributed by atoms with Crippen LogP contribution < -0.4 is 11.1 Å². The first kappa shape index (κ1) is 17.4. The van der Waals surface area contributed by atoms with E-state index in [-0.39, 0.29) is 17.4 Å². The van der Waals surface area contributed by atoms with Crippen molar-refractivity contribution < 1.29 is 13.2 Å². The molecule has 7 heteroatoms. The largest absolute Gasteiger partial charge is 0.355 e. The molecule has 1 amide bonds. The molecule has 1 atom stereocenters. The van der Waals surface area contributed by atoms with Crippen molar-refractivity contribution in [2.45, 2.75) is 32.7 Å². The second-order valence-corrected chi connectivity index (χ2v) is 8.18. The highest BCUT2D eigenvalue weighted by Crippen LogP contribution is 2.04. The summed E-state index contributed by atoms with van der Waals surface area (Å²) in [6.45, 7) is 6.68. The summed E-state index contributed by atoms with van der Waals surface area (Å²) in [5.74, 6) is 0.808. The van der Waals surface area contributed by atoms with E-state index in [1.807, 2.05) is 13.8 Å². The van der Waals surface area contributed by atoms with Crippen LogP contribution in [0.15, 0.2) is 0 Å². The van der Waals surface area contributed by atoms with Crippen LogP contribution >= 0.6 is 0 Å². The lowest BCUT2D eigenvalue weighted by Crippen LogP contribution is -2.43. The van der Waals surface area contributed by atoms with Gasteiger partial charge < -0.3 is 16.0 Å². The molecule has 0 aliphatic carbocycles. The zero-order valence-corrected chi connectivity index (χ0v) is 13.3. The van der Waals surface area contributed by atoms with Gasteiger partial charge in [-0.05, 0) is 25.3 Å². The van der Waals surface area contributed by atoms with Crippen molar-refractivity contribution in [3.63, 3.8) is 0 Å². The standard InChI is InChI=1S/C13H27N3O3S/c1-11(2)10-12(14)13(17)15-4-3-5-16-6-8-20(18,19)9-7-16/h11-12H,3-10,14H2,1-2H3,(H,15,17)/t12-/m0/s1. The number of amides is 1. The number of hydrogen-bond donors (Lipinski definition) is 2. The highest BCUT2D eigenvalue weighted by molar-refractivity contribution is 7.91. The topological polar surface area (TPSA) is 92.5 Å². The van der Waals surface area contributed by atoms with Crippen LogP contribution in [0.4, 0.5) is 0 Å². The molecule has 3 N–H and O–H groups in total. The van der Waals surface area contributed by atoms with Gasteiger partial charge in [0.2, 0.25) is 5.91 Å². The number of nitrogens with two attached hydrogens (primary N) is 1. The summed E-state index contributed by atoms with van der Waals surface area (Å²) in [6, 6.07) is -0.435. The van der Waals surface area contributed by atoms with Crippen LogP contribution in [0.1, 0.15) is 26.7 Å². The molecule has 0 radical (unpaired) electrons. The van der Waals surface area contributed by atoms with Gasteiger partial charge in [-0.3, -0.25) is 4.79 Å². The first-order valence-corrected chi connectivity index (χ1v) is 9.08. The van der Waals surface area contributed by atoms with Crippen LogP contribution in [0.5, 0.6) is 0 Å². The summed E-state index contributed by atoms with van der Waals surface area (Å²) in [7, 11) is -2.81. The predicted octanol–water partition coefficient (Wildman–Crippen LogP) is -0.403. The molecule has 1 aliphatic heterocycles. The Morgan fingerprint density at radius 1 is 1.30 bits per heavy atom. The van der Waals surface area contributed by atoms with Crippen molar-refractivity contribution in [2.24, 2.45) is 11.7 Å². The van der Waals surface area contributed by atoms with Crippen LogP contribution in [0, 0.1) is 5.92 Å². The number of nitrogens with one attached hydrogen (secondary N) is 1. The normalized spacial score (nSPS) is 20.8. The first-order chi connectivity index (χ1) is 9.30. The van der Waals surface area contributed by atoms with Gasteiger partial charge in [-0.15, -0.1) is 0 Å². The molecule has 1 fully saturated rings. The van der Waals surface area contributed by atoms with Gasteiger partial charge in [0.15, 0.2) is 9.84 Å². The van der Waals surface area contributed by atoms with E-state index in [1.165, 1.54) is 0 Å². The van der Waals surface area contributed by atoms with Gasteiger partial charge in [0.1, 0.15) is 0 Å². The van der Waals surface area contributed by atoms with Crippen molar-refractivity contribution in [2.75, 3.05) is 37.7 Å². The van der Waals surface area contributed by atoms with E-state index >= 15 is 0 Å². The van der Waals surface area contributed by atoms with Crippen molar-refractivity contribution >= 4 is 15.7 Å². The third kappa shape index (κ3) is 6.67. The molecule has 1 heterocycles. The molecule has 0 bridgehead atoms. The number of carbonyl (C=O) groups excluding carboxylic acids is 1. The minimum atomic E-state index is -2.81. The quantitative estimate of drug-likeness (QED) is 0.624. The van der Waals surface area contributed by atoms with Gasteiger partial charge in [0.25, 0.3) is 0 Å². The van der Waals surface area contributed by atoms with Gasteiger partial charge in [-0.25, -0.2) is 8.42 Å². The Balaban J connectivity index is 2.12. The lowest BCUT2D eigenvalue weighted by molar-refractivity contribution is -0.122. The predicted molar refractivity (Wildman–Crippen MR) is 80.2 cm³/mol. The molecule has 1 rings (SSSR count). The Labute approximate surface area is 122 Å². The minimum absolute atomic E-state index is 0.0973. The molecule has 0 aromatic heterocycles. The van der Waals surface area contributed by atoms with Gasteiger partial charge in [0.05, 0.1) is 17.5 Å². The van der Waals surface area contributed by atoms with Gasteiger partial charge in [-0.1, -0.05) is 13.8 Å². The fourth-order valence-corrected chi connectivity index (χ4v) is 3.51. The van der Waals surface area contributed by atoms with E-state index in [2.05, 4.69) is 10.2 Å². The monoisotopic (exact) mass is 305 g/mol. The van der Waals surface area contributed by atoms with E-state index in [0.717, 1.165) is 13.0 Å². The highest BCUT2D eigenvalue weighted by Gasteiger charge is 2.21. The molecular formula is C13H27N3O3S. The summed E-state index contributed by atoms with van der Waals surface area (Å²) in [5.41, 5.74) is 5.78. The second kappa shape index (κ2) is 7.95. The summed E-state index contributed by atoms with van der Waals surface area (Å²) >= 11 is 0. The number of hydrogen-bond acceptors (Lipinski definition) is 5. The summed E-state index contributed by atoms with van der Waals surface area (Å²) < 4.78 is 22.6. The molecule has 1 saturated heterocycles. The Morgan fingerprint density at radius 2 is 1.90 bits per heavy atom. The molecule has 0 aromatic carbocycles. The van der Waals surface area contributed by atoms with Crippen molar-refractivity contribution in [1.29, 1.82) is 0 Å². The number of sulfone groups is 1. The molecule has 1 aliphatic rings. The van der Waals surface area contributed by atoms with Crippen LogP contribution in [0.25, 0.3) is 0 Å². The Kier molecular flexibility index (Phi) is 6.91. The first-order valence-electron chi connectivity index (χ1n) is 7.26. The van der Waals surface area contributed by atoms with E-state index in [0.29, 0.717) is 32.0 Å². The average Bonchev–Trinajstić information content (AvgIpc) is 2.35. The fourth-order valence-electron chi connectivity index (χ4n) is 2.23. The lowest BCUT2D eigenvalue weighted by Gasteiger charge is -2.26. The lowest BCUT2D eigenvalue weighted by atomic mass is 10.0. The van der Waals surface area contributed by atoms with Crippen molar-refractivity contribution in [1.82, 2.24) is 10.2 Å². The molecule has 0 saturated carbocycles. The molecule has 6 nitrogen and oxygen atoms in total. The SMILES string of the molecule is CC(C)C[C@H](N)C(=O)NCCCN1CCS(=O)(=O)CC1. The zero-order chi connectivity index (χ0) is 15.2. The third-order valence-corrected chi connectivity index (χ3v) is 5.06. The van der Waals surface area contributed by atoms with Crippen LogP contribution in [0.3, 0.4) is 0 Å². The smallest absolute Gasteiger partial charge is 0.236 e. The van der Waals surface area contributed by atoms with Crippen LogP contribution in [-0.2, 0) is 14.6 Å². The molecular weight excluding hydrogens is 278 g/mol. The number of rotatable bonds is 7. The summed E-state index contributed by atoms with van der Waals surface area (Å²) in [6.07, 6.45) is 1.51. The molecule has 118 valence electrons. The van der Waals surface area contributed by atoms with E-state index < -0.39 is 15.9 Å². The van der Waals surface area contributed by atoms with E-state index in [4.69, 9.17) is 5.73 Å². The van der Waals surface area contributed by atoms with Crippen LogP contribution in [-0.4, -0.2) is 63.0 Å². The fraction of sp³-hybridized carbons (Fsp3) is 0.923. The maximum Gasteiger partial charge on any atom is 0.236 e. The van der Waals surface area contributed by atoms with E-state index in [9.17, 15) is 13.2 Å². The third-order valence-electron chi connectivity index (χ3n) is 3.45. The molecule has 0 spiro atoms. The summed E-state index contributed by atoms with van der Waals surface area (Å²) in [4.78, 5) is 13.8. The van der Waals surface area contributed by atoms with Gasteiger partial charge >= 0.3 is 0 Å². The maximum atomic E-state index is 11.7.